The van der Waals surface area contributed by atoms with Gasteiger partial charge in [0, 0.05) is 26.2 Å². The topological polar surface area (TPSA) is 173 Å². The lowest BCUT2D eigenvalue weighted by Gasteiger charge is -2.26. The number of hydrogen-bond donors (Lipinski definition) is 4. The fourth-order valence-electron chi connectivity index (χ4n) is 4.25. The van der Waals surface area contributed by atoms with Crippen LogP contribution in [-0.4, -0.2) is 90.2 Å². The molecule has 2 aromatic heterocycles. The first-order valence-corrected chi connectivity index (χ1v) is 12.4. The standard InChI is InChI=1S/C21H22FN9O5S/c1-30-15(33)7-24-11-4-10(22)18(28-17(11)30)35-3-2-23-5-12-21(29-12)9-31(20(34)36-21)13-6-25-19-16(26-13)27-14(32)8-37-19/h4,6,12,23-24,29H,2-3,5,7-9H2,1H3,(H,26,27,32). The Hall–Kier alpha value is -3.76. The first-order chi connectivity index (χ1) is 17.8. The van der Waals surface area contributed by atoms with Crippen LogP contribution in [0.2, 0.25) is 0 Å². The lowest BCUT2D eigenvalue weighted by molar-refractivity contribution is -0.117. The summed E-state index contributed by atoms with van der Waals surface area (Å²) >= 11 is 1.29. The van der Waals surface area contributed by atoms with Crippen molar-refractivity contribution in [2.75, 3.05) is 66.0 Å². The predicted molar refractivity (Wildman–Crippen MR) is 129 cm³/mol. The zero-order valence-corrected chi connectivity index (χ0v) is 20.4. The number of halogens is 1. The first-order valence-electron chi connectivity index (χ1n) is 11.5. The number of carbonyl (C=O) groups is 3. The molecule has 2 unspecified atom stereocenters. The van der Waals surface area contributed by atoms with Crippen LogP contribution in [0.1, 0.15) is 0 Å². The van der Waals surface area contributed by atoms with Gasteiger partial charge >= 0.3 is 6.09 Å². The first kappa shape index (κ1) is 23.6. The van der Waals surface area contributed by atoms with Crippen LogP contribution in [0.25, 0.3) is 0 Å². The minimum atomic E-state index is -0.850. The zero-order chi connectivity index (χ0) is 25.7. The number of aromatic nitrogens is 3. The van der Waals surface area contributed by atoms with Gasteiger partial charge in [0.2, 0.25) is 17.5 Å². The second kappa shape index (κ2) is 8.97. The van der Waals surface area contributed by atoms with Crippen molar-refractivity contribution in [1.29, 1.82) is 0 Å². The van der Waals surface area contributed by atoms with Crippen molar-refractivity contribution in [3.8, 4) is 5.88 Å². The van der Waals surface area contributed by atoms with Gasteiger partial charge < -0.3 is 25.4 Å². The second-order valence-electron chi connectivity index (χ2n) is 8.76. The summed E-state index contributed by atoms with van der Waals surface area (Å²) in [5.74, 6) is 0.0296. The molecule has 194 valence electrons. The van der Waals surface area contributed by atoms with Gasteiger partial charge in [-0.1, -0.05) is 11.8 Å². The van der Waals surface area contributed by atoms with Crippen LogP contribution in [-0.2, 0) is 14.3 Å². The quantitative estimate of drug-likeness (QED) is 0.273. The van der Waals surface area contributed by atoms with Gasteiger partial charge in [-0.2, -0.15) is 4.98 Å². The van der Waals surface area contributed by atoms with E-state index in [1.54, 1.807) is 7.05 Å². The number of likely N-dealkylation sites (N-methyl/N-ethyl adjacent to an activating group) is 1. The number of thioether (sulfide) groups is 1. The van der Waals surface area contributed by atoms with Gasteiger partial charge in [-0.15, -0.1) is 0 Å². The molecule has 0 saturated carbocycles. The van der Waals surface area contributed by atoms with Crippen molar-refractivity contribution in [2.45, 2.75) is 16.8 Å². The fraction of sp³-hybridized carbons (Fsp3) is 0.429. The van der Waals surface area contributed by atoms with Crippen LogP contribution in [0.4, 0.5) is 32.3 Å². The number of rotatable bonds is 7. The molecular weight excluding hydrogens is 509 g/mol. The maximum absolute atomic E-state index is 14.3. The second-order valence-corrected chi connectivity index (χ2v) is 9.73. The molecule has 4 aliphatic heterocycles. The number of amides is 3. The van der Waals surface area contributed by atoms with Gasteiger partial charge in [-0.25, -0.2) is 19.2 Å². The molecule has 0 bridgehead atoms. The fourth-order valence-corrected chi connectivity index (χ4v) is 4.95. The summed E-state index contributed by atoms with van der Waals surface area (Å²) in [5.41, 5.74) is -0.420. The molecule has 3 amide bonds. The van der Waals surface area contributed by atoms with Gasteiger partial charge in [-0.3, -0.25) is 24.7 Å². The summed E-state index contributed by atoms with van der Waals surface area (Å²) in [6, 6.07) is 1.11. The van der Waals surface area contributed by atoms with Crippen LogP contribution >= 0.6 is 11.8 Å². The molecule has 6 rings (SSSR count). The molecule has 6 heterocycles. The average molecular weight is 532 g/mol. The Bertz CT molecular complexity index is 1320. The van der Waals surface area contributed by atoms with Crippen molar-refractivity contribution in [3.05, 3.63) is 18.1 Å². The van der Waals surface area contributed by atoms with Gasteiger partial charge in [0.1, 0.15) is 11.6 Å². The molecule has 2 atom stereocenters. The molecule has 1 spiro atoms. The van der Waals surface area contributed by atoms with E-state index in [-0.39, 0.29) is 49.2 Å². The van der Waals surface area contributed by atoms with E-state index in [1.807, 2.05) is 0 Å². The minimum Gasteiger partial charge on any atom is -0.474 e. The van der Waals surface area contributed by atoms with E-state index in [9.17, 15) is 18.8 Å². The smallest absolute Gasteiger partial charge is 0.417 e. The molecule has 0 aromatic carbocycles. The molecule has 2 aromatic rings. The van der Waals surface area contributed by atoms with Crippen molar-refractivity contribution in [2.24, 2.45) is 0 Å². The molecule has 37 heavy (non-hydrogen) atoms. The Kier molecular flexibility index (Phi) is 5.73. The van der Waals surface area contributed by atoms with Gasteiger partial charge in [0.15, 0.2) is 23.3 Å². The number of carbonyl (C=O) groups excluding carboxylic acids is 3. The molecule has 2 saturated heterocycles. The Morgan fingerprint density at radius 1 is 1.35 bits per heavy atom. The zero-order valence-electron chi connectivity index (χ0n) is 19.5. The van der Waals surface area contributed by atoms with Crippen LogP contribution in [0.5, 0.6) is 5.88 Å². The summed E-state index contributed by atoms with van der Waals surface area (Å²) in [5, 5.41) is 12.4. The normalized spacial score (nSPS) is 23.8. The Balaban J connectivity index is 0.995. The Labute approximate surface area is 213 Å². The van der Waals surface area contributed by atoms with Crippen LogP contribution in [0.15, 0.2) is 17.3 Å². The number of pyridine rings is 1. The molecule has 4 aliphatic rings. The van der Waals surface area contributed by atoms with E-state index in [0.29, 0.717) is 41.3 Å². The molecule has 4 N–H and O–H groups in total. The lowest BCUT2D eigenvalue weighted by Crippen LogP contribution is -2.37. The predicted octanol–water partition coefficient (Wildman–Crippen LogP) is -0.263. The molecule has 16 heteroatoms. The van der Waals surface area contributed by atoms with E-state index in [2.05, 4.69) is 36.2 Å². The van der Waals surface area contributed by atoms with Crippen molar-refractivity contribution in [1.82, 2.24) is 25.6 Å². The minimum absolute atomic E-state index is 0.0800. The summed E-state index contributed by atoms with van der Waals surface area (Å²) in [4.78, 5) is 51.5. The maximum atomic E-state index is 14.3. The number of fused-ring (bicyclic) bond motifs is 2. The third kappa shape index (κ3) is 4.36. The summed E-state index contributed by atoms with van der Waals surface area (Å²) < 4.78 is 25.4. The van der Waals surface area contributed by atoms with E-state index in [0.717, 1.165) is 0 Å². The van der Waals surface area contributed by atoms with Crippen molar-refractivity contribution < 1.29 is 28.2 Å². The Morgan fingerprint density at radius 2 is 2.22 bits per heavy atom. The molecule has 0 aliphatic carbocycles. The summed E-state index contributed by atoms with van der Waals surface area (Å²) in [6.07, 6.45) is 0.919. The van der Waals surface area contributed by atoms with Crippen molar-refractivity contribution in [3.63, 3.8) is 0 Å². The average Bonchev–Trinajstić information content (AvgIpc) is 3.43. The van der Waals surface area contributed by atoms with Gasteiger partial charge in [-0.05, 0) is 0 Å². The van der Waals surface area contributed by atoms with E-state index < -0.39 is 17.6 Å². The van der Waals surface area contributed by atoms with Crippen LogP contribution in [0, 0.1) is 5.82 Å². The molecule has 14 nitrogen and oxygen atoms in total. The van der Waals surface area contributed by atoms with E-state index in [4.69, 9.17) is 9.47 Å². The third-order valence-corrected chi connectivity index (χ3v) is 7.27. The number of nitrogens with zero attached hydrogens (tertiary/aromatic N) is 5. The number of ether oxygens (including phenoxy) is 2. The molecule has 0 radical (unpaired) electrons. The van der Waals surface area contributed by atoms with E-state index >= 15 is 0 Å². The summed E-state index contributed by atoms with van der Waals surface area (Å²) in [6.45, 7) is 1.29. The molecule has 2 fully saturated rings. The summed E-state index contributed by atoms with van der Waals surface area (Å²) in [7, 11) is 1.57. The Morgan fingerprint density at radius 3 is 3.08 bits per heavy atom. The lowest BCUT2D eigenvalue weighted by atomic mass is 10.2. The highest BCUT2D eigenvalue weighted by Crippen LogP contribution is 2.38. The van der Waals surface area contributed by atoms with Crippen LogP contribution < -0.4 is 35.8 Å². The largest absolute Gasteiger partial charge is 0.474 e. The highest BCUT2D eigenvalue weighted by Gasteiger charge is 2.63. The highest BCUT2D eigenvalue weighted by atomic mass is 32.2. The monoisotopic (exact) mass is 531 g/mol. The third-order valence-electron chi connectivity index (χ3n) is 6.29. The van der Waals surface area contributed by atoms with E-state index in [1.165, 1.54) is 33.8 Å². The number of nitrogens with one attached hydrogen (secondary N) is 4. The van der Waals surface area contributed by atoms with Gasteiger partial charge in [0.25, 0.3) is 5.88 Å². The van der Waals surface area contributed by atoms with Crippen LogP contribution in [0.3, 0.4) is 0 Å². The highest BCUT2D eigenvalue weighted by molar-refractivity contribution is 8.00. The van der Waals surface area contributed by atoms with Gasteiger partial charge in [0.05, 0.1) is 36.8 Å². The number of anilines is 4. The number of hydrogen-bond acceptors (Lipinski definition) is 12. The SMILES string of the molecule is CN1C(=O)CNc2cc(F)c(OCCNCC3NC34CN(c3cnc5c(n3)NC(=O)CS5)C(=O)O4)nc21. The molecular formula is C21H22FN9O5S. The van der Waals surface area contributed by atoms with Crippen molar-refractivity contribution >= 4 is 52.8 Å². The maximum Gasteiger partial charge on any atom is 0.417 e.